The predicted molar refractivity (Wildman–Crippen MR) is 90.4 cm³/mol. The van der Waals surface area contributed by atoms with Crippen LogP contribution in [-0.2, 0) is 0 Å². The van der Waals surface area contributed by atoms with Crippen molar-refractivity contribution in [3.05, 3.63) is 0 Å². The number of thiol groups is 4. The third-order valence-electron chi connectivity index (χ3n) is 1.15. The lowest BCUT2D eigenvalue weighted by Gasteiger charge is -2.15. The van der Waals surface area contributed by atoms with E-state index in [1.807, 2.05) is 11.8 Å². The van der Waals surface area contributed by atoms with Gasteiger partial charge in [-0.25, -0.2) is 0 Å². The average Bonchev–Trinajstić information content (AvgIpc) is 2.11. The maximum atomic E-state index is 4.50. The first-order valence-corrected chi connectivity index (χ1v) is 9.39. The molecule has 0 N–H and O–H groups in total. The van der Waals surface area contributed by atoms with Gasteiger partial charge in [0.25, 0.3) is 0 Å². The smallest absolute Gasteiger partial charge is 0.0574 e. The van der Waals surface area contributed by atoms with E-state index in [2.05, 4.69) is 57.4 Å². The van der Waals surface area contributed by atoms with E-state index in [9.17, 15) is 0 Å². The largest absolute Gasteiger partial charge is 0.168 e. The summed E-state index contributed by atoms with van der Waals surface area (Å²) in [5.41, 5.74) is 0. The van der Waals surface area contributed by atoms with Gasteiger partial charge >= 0.3 is 0 Å². The molecule has 0 rings (SSSR count). The zero-order chi connectivity index (χ0) is 11.0. The molecule has 0 radical (unpaired) electrons. The van der Waals surface area contributed by atoms with Crippen molar-refractivity contribution in [2.45, 2.75) is 20.7 Å². The molecule has 0 aromatic heterocycles. The molecule has 86 valence electrons. The number of hydrogen-bond donors (Lipinski definition) is 4. The van der Waals surface area contributed by atoms with Crippen LogP contribution in [-0.4, -0.2) is 30.3 Å². The lowest BCUT2D eigenvalue weighted by atomic mass is 10.9. The van der Waals surface area contributed by atoms with Crippen LogP contribution in [0.15, 0.2) is 0 Å². The Bertz CT molecular complexity index is 129. The van der Waals surface area contributed by atoms with Gasteiger partial charge in [-0.15, -0.1) is 35.3 Å². The molecular formula is C7H16S7. The summed E-state index contributed by atoms with van der Waals surface area (Å²) in [7, 11) is 0. The summed E-state index contributed by atoms with van der Waals surface area (Å²) in [4.78, 5) is 0. The summed E-state index contributed by atoms with van der Waals surface area (Å²) in [6.07, 6.45) is 0. The van der Waals surface area contributed by atoms with Gasteiger partial charge in [0.1, 0.15) is 0 Å². The maximum absolute atomic E-state index is 4.50. The summed E-state index contributed by atoms with van der Waals surface area (Å²) >= 11 is 22.8. The molecule has 0 bridgehead atoms. The van der Waals surface area contributed by atoms with E-state index in [0.717, 1.165) is 16.6 Å². The molecule has 0 aromatic carbocycles. The van der Waals surface area contributed by atoms with Crippen molar-refractivity contribution in [2.24, 2.45) is 0 Å². The second-order valence-corrected chi connectivity index (χ2v) is 10.1. The van der Waals surface area contributed by atoms with E-state index < -0.39 is 0 Å². The van der Waals surface area contributed by atoms with Crippen molar-refractivity contribution in [1.82, 2.24) is 0 Å². The van der Waals surface area contributed by atoms with Gasteiger partial charge in [-0.2, -0.15) is 50.5 Å². The molecule has 0 fully saturated rings. The number of rotatable bonds is 8. The second-order valence-electron chi connectivity index (χ2n) is 2.48. The molecular weight excluding hydrogens is 309 g/mol. The number of thioether (sulfide) groups is 3. The third-order valence-corrected chi connectivity index (χ3v) is 6.87. The van der Waals surface area contributed by atoms with Gasteiger partial charge in [-0.05, 0) is 6.92 Å². The zero-order valence-electron chi connectivity index (χ0n) is 7.87. The molecule has 0 aromatic rings. The topological polar surface area (TPSA) is 0 Å². The van der Waals surface area contributed by atoms with Gasteiger partial charge < -0.3 is 0 Å². The third kappa shape index (κ3) is 11.0. The average molecular weight is 325 g/mol. The number of hydrogen-bond acceptors (Lipinski definition) is 7. The Balaban J connectivity index is 3.44. The van der Waals surface area contributed by atoms with E-state index in [1.165, 1.54) is 0 Å². The van der Waals surface area contributed by atoms with E-state index >= 15 is 0 Å². The standard InChI is InChI=1S/C7H16S7/c1-5(9)13-3-7(11)14-6(10)2-12-4-8/h5-11H,2-4H2,1H3. The van der Waals surface area contributed by atoms with Crippen molar-refractivity contribution in [3.63, 3.8) is 0 Å². The molecule has 7 heteroatoms. The Hall–Kier alpha value is 2.45. The minimum absolute atomic E-state index is 0.345. The zero-order valence-corrected chi connectivity index (χ0v) is 13.9. The summed E-state index contributed by atoms with van der Waals surface area (Å²) in [6.45, 7) is 2.08. The van der Waals surface area contributed by atoms with Crippen molar-refractivity contribution in [1.29, 1.82) is 0 Å². The monoisotopic (exact) mass is 324 g/mol. The van der Waals surface area contributed by atoms with Crippen molar-refractivity contribution >= 4 is 85.8 Å². The molecule has 14 heavy (non-hydrogen) atoms. The highest BCUT2D eigenvalue weighted by Gasteiger charge is 2.11. The molecule has 0 spiro atoms. The van der Waals surface area contributed by atoms with Gasteiger partial charge in [0.05, 0.1) is 9.16 Å². The molecule has 0 saturated heterocycles. The molecule has 0 nitrogen and oxygen atoms in total. The van der Waals surface area contributed by atoms with Crippen LogP contribution in [0.3, 0.4) is 0 Å². The Morgan fingerprint density at radius 2 is 1.64 bits per heavy atom. The first-order valence-electron chi connectivity index (χ1n) is 4.06. The fourth-order valence-electron chi connectivity index (χ4n) is 0.635. The lowest BCUT2D eigenvalue weighted by molar-refractivity contribution is 1.36. The van der Waals surface area contributed by atoms with Crippen molar-refractivity contribution in [3.8, 4) is 0 Å². The first-order chi connectivity index (χ1) is 6.56. The summed E-state index contributed by atoms with van der Waals surface area (Å²) in [5, 5.41) is 0.858. The van der Waals surface area contributed by atoms with Crippen LogP contribution in [0.1, 0.15) is 6.92 Å². The quantitative estimate of drug-likeness (QED) is 0.396. The fraction of sp³-hybridized carbons (Fsp3) is 1.00. The van der Waals surface area contributed by atoms with E-state index in [-0.39, 0.29) is 0 Å². The lowest BCUT2D eigenvalue weighted by Crippen LogP contribution is -2.06. The molecule has 0 aliphatic heterocycles. The van der Waals surface area contributed by atoms with Crippen LogP contribution >= 0.6 is 85.8 Å². The Labute approximate surface area is 122 Å². The first kappa shape index (κ1) is 16.4. The van der Waals surface area contributed by atoms with Crippen molar-refractivity contribution in [2.75, 3.05) is 16.6 Å². The van der Waals surface area contributed by atoms with E-state index in [0.29, 0.717) is 13.7 Å². The molecule has 3 unspecified atom stereocenters. The van der Waals surface area contributed by atoms with Gasteiger partial charge in [-0.1, -0.05) is 0 Å². The molecule has 0 aliphatic rings. The van der Waals surface area contributed by atoms with Gasteiger partial charge in [-0.3, -0.25) is 0 Å². The molecule has 0 heterocycles. The highest BCUT2D eigenvalue weighted by atomic mass is 32.2. The second kappa shape index (κ2) is 10.6. The van der Waals surface area contributed by atoms with Crippen LogP contribution < -0.4 is 0 Å². The van der Waals surface area contributed by atoms with E-state index in [4.69, 9.17) is 0 Å². The van der Waals surface area contributed by atoms with E-state index in [1.54, 1.807) is 23.5 Å². The summed E-state index contributed by atoms with van der Waals surface area (Å²) in [6, 6.07) is 0. The Morgan fingerprint density at radius 1 is 1.07 bits per heavy atom. The minimum atomic E-state index is 0.345. The molecule has 0 amide bonds. The molecule has 0 saturated carbocycles. The van der Waals surface area contributed by atoms with Crippen LogP contribution in [0, 0.1) is 0 Å². The fourth-order valence-corrected chi connectivity index (χ4v) is 5.22. The molecule has 0 aliphatic carbocycles. The van der Waals surface area contributed by atoms with Crippen LogP contribution in [0.2, 0.25) is 0 Å². The van der Waals surface area contributed by atoms with Gasteiger partial charge in [0.2, 0.25) is 0 Å². The highest BCUT2D eigenvalue weighted by molar-refractivity contribution is 8.19. The molecule has 3 atom stereocenters. The maximum Gasteiger partial charge on any atom is 0.0574 e. The van der Waals surface area contributed by atoms with Crippen molar-refractivity contribution < 1.29 is 0 Å². The predicted octanol–water partition coefficient (Wildman–Crippen LogP) is 3.86. The van der Waals surface area contributed by atoms with Gasteiger partial charge in [0.15, 0.2) is 0 Å². The normalized spacial score (nSPS) is 17.8. The van der Waals surface area contributed by atoms with Crippen LogP contribution in [0.4, 0.5) is 0 Å². The SMILES string of the molecule is CC(S)SCC(S)SC(S)CSCS. The Kier molecular flexibility index (Phi) is 12.4. The highest BCUT2D eigenvalue weighted by Crippen LogP contribution is 2.30. The summed E-state index contributed by atoms with van der Waals surface area (Å²) in [5.74, 6) is 2.04. The summed E-state index contributed by atoms with van der Waals surface area (Å²) < 4.78 is 1.08. The Morgan fingerprint density at radius 3 is 2.14 bits per heavy atom. The van der Waals surface area contributed by atoms with Crippen LogP contribution in [0.25, 0.3) is 0 Å². The van der Waals surface area contributed by atoms with Gasteiger partial charge in [0, 0.05) is 21.2 Å². The minimum Gasteiger partial charge on any atom is -0.168 e. The van der Waals surface area contributed by atoms with Crippen LogP contribution in [0.5, 0.6) is 0 Å².